The van der Waals surface area contributed by atoms with E-state index in [1.807, 2.05) is 27.7 Å². The summed E-state index contributed by atoms with van der Waals surface area (Å²) in [5, 5.41) is 15.2. The van der Waals surface area contributed by atoms with Crippen LogP contribution in [0.3, 0.4) is 0 Å². The molecular weight excluding hydrogens is 581 g/mol. The maximum Gasteiger partial charge on any atom is 0.343 e. The zero-order valence-electron chi connectivity index (χ0n) is 23.1. The van der Waals surface area contributed by atoms with E-state index >= 15 is 4.39 Å². The highest BCUT2D eigenvalue weighted by atomic mass is 79.9. The van der Waals surface area contributed by atoms with E-state index in [4.69, 9.17) is 9.72 Å². The zero-order chi connectivity index (χ0) is 28.9. The second-order valence-corrected chi connectivity index (χ2v) is 13.0. The molecule has 1 aliphatic carbocycles. The normalized spacial score (nSPS) is 21.9. The summed E-state index contributed by atoms with van der Waals surface area (Å²) in [4.78, 5) is 44.5. The fraction of sp³-hybridized carbons (Fsp3) is 0.467. The number of cyclic esters (lactones) is 1. The fourth-order valence-corrected chi connectivity index (χ4v) is 6.70. The summed E-state index contributed by atoms with van der Waals surface area (Å²) in [7, 11) is 0. The van der Waals surface area contributed by atoms with Gasteiger partial charge in [-0.3, -0.25) is 9.59 Å². The minimum absolute atomic E-state index is 0.0354. The van der Waals surface area contributed by atoms with E-state index in [-0.39, 0.29) is 59.5 Å². The molecule has 8 nitrogen and oxygen atoms in total. The van der Waals surface area contributed by atoms with Gasteiger partial charge in [0.15, 0.2) is 5.60 Å². The molecule has 3 aliphatic rings. The van der Waals surface area contributed by atoms with Crippen LogP contribution in [-0.2, 0) is 39.5 Å². The summed E-state index contributed by atoms with van der Waals surface area (Å²) in [6.07, 6.45) is 1.14. The monoisotopic (exact) mass is 611 g/mol. The standard InChI is InChI=1S/C30H31BrFN3O5/c1-6-30(39)17-9-21-25-15(11-35(21)27(37)16(17)12-40-28(30)38)23-19(34-26(36)13(2)29(3,4)5)8-7-14-22(23)20(33-25)10-18(32)24(14)31/h9-10,13,19,39H,6-8,11-12H2,1-5H3,(H,34,36)/t13-,19+,30+/m1/s1. The van der Waals surface area contributed by atoms with Crippen LogP contribution in [0.15, 0.2) is 21.4 Å². The predicted molar refractivity (Wildman–Crippen MR) is 150 cm³/mol. The summed E-state index contributed by atoms with van der Waals surface area (Å²) in [5.74, 6) is -1.56. The lowest BCUT2D eigenvalue weighted by atomic mass is 9.80. The first-order valence-corrected chi connectivity index (χ1v) is 14.4. The van der Waals surface area contributed by atoms with E-state index in [1.165, 1.54) is 6.07 Å². The number of nitrogens with one attached hydrogen (secondary N) is 1. The fourth-order valence-electron chi connectivity index (χ4n) is 6.19. The van der Waals surface area contributed by atoms with Gasteiger partial charge in [-0.1, -0.05) is 34.6 Å². The molecule has 6 rings (SSSR count). The number of ether oxygens (including phenoxy) is 1. The van der Waals surface area contributed by atoms with Crippen LogP contribution in [0.1, 0.15) is 81.3 Å². The SMILES string of the molecule is CC[C@@]1(O)C(=O)OCc2c1cc1n(c2=O)Cc2c-1nc1cc(F)c(Br)c3c1c2[C@@H](NC(=O)[C@@H](C)C(C)(C)C)CC3. The summed E-state index contributed by atoms with van der Waals surface area (Å²) in [6, 6.07) is 2.65. The van der Waals surface area contributed by atoms with Crippen molar-refractivity contribution in [2.24, 2.45) is 11.3 Å². The highest BCUT2D eigenvalue weighted by Crippen LogP contribution is 2.47. The van der Waals surface area contributed by atoms with Crippen LogP contribution in [0.2, 0.25) is 0 Å². The molecule has 2 N–H and O–H groups in total. The lowest BCUT2D eigenvalue weighted by Crippen LogP contribution is -2.44. The molecule has 0 unspecified atom stereocenters. The molecule has 2 aromatic heterocycles. The number of hydrogen-bond acceptors (Lipinski definition) is 6. The minimum atomic E-state index is -1.94. The Morgan fingerprint density at radius 2 is 2.02 bits per heavy atom. The van der Waals surface area contributed by atoms with Crippen LogP contribution in [0.5, 0.6) is 0 Å². The number of halogens is 2. The summed E-state index contributed by atoms with van der Waals surface area (Å²) in [5.41, 5.74) is 1.65. The van der Waals surface area contributed by atoms with Gasteiger partial charge in [0, 0.05) is 28.5 Å². The van der Waals surface area contributed by atoms with Gasteiger partial charge >= 0.3 is 5.97 Å². The van der Waals surface area contributed by atoms with Crippen molar-refractivity contribution >= 4 is 38.7 Å². The van der Waals surface area contributed by atoms with E-state index < -0.39 is 17.4 Å². The molecule has 0 radical (unpaired) electrons. The Hall–Kier alpha value is -3.11. The Morgan fingerprint density at radius 1 is 1.30 bits per heavy atom. The van der Waals surface area contributed by atoms with Gasteiger partial charge in [-0.2, -0.15) is 0 Å². The molecule has 40 heavy (non-hydrogen) atoms. The molecule has 3 aromatic rings. The van der Waals surface area contributed by atoms with Gasteiger partial charge in [-0.05, 0) is 57.8 Å². The number of carbonyl (C=O) groups excluding carboxylic acids is 2. The van der Waals surface area contributed by atoms with Crippen molar-refractivity contribution in [1.29, 1.82) is 0 Å². The van der Waals surface area contributed by atoms with Gasteiger partial charge in [0.05, 0.1) is 39.5 Å². The van der Waals surface area contributed by atoms with Gasteiger partial charge in [0.1, 0.15) is 12.4 Å². The number of carbonyl (C=O) groups is 2. The molecule has 2 aliphatic heterocycles. The van der Waals surface area contributed by atoms with Crippen LogP contribution >= 0.6 is 15.9 Å². The number of nitrogens with zero attached hydrogens (tertiary/aromatic N) is 2. The third-order valence-electron chi connectivity index (χ3n) is 9.05. The van der Waals surface area contributed by atoms with Crippen LogP contribution < -0.4 is 10.9 Å². The maximum absolute atomic E-state index is 15.0. The Balaban J connectivity index is 1.60. The topological polar surface area (TPSA) is 111 Å². The lowest BCUT2D eigenvalue weighted by molar-refractivity contribution is -0.172. The molecule has 10 heteroatoms. The first-order chi connectivity index (χ1) is 18.8. The predicted octanol–water partition coefficient (Wildman–Crippen LogP) is 4.77. The third-order valence-corrected chi connectivity index (χ3v) is 9.91. The van der Waals surface area contributed by atoms with Crippen molar-refractivity contribution in [2.75, 3.05) is 0 Å². The molecular formula is C30H31BrFN3O5. The molecule has 0 saturated heterocycles. The van der Waals surface area contributed by atoms with E-state index in [0.717, 1.165) is 22.1 Å². The minimum Gasteiger partial charge on any atom is -0.458 e. The second kappa shape index (κ2) is 8.94. The van der Waals surface area contributed by atoms with Gasteiger partial charge in [0.2, 0.25) is 5.91 Å². The number of aliphatic hydroxyl groups is 1. The lowest BCUT2D eigenvalue weighted by Gasteiger charge is -2.32. The highest BCUT2D eigenvalue weighted by molar-refractivity contribution is 9.10. The zero-order valence-corrected chi connectivity index (χ0v) is 24.7. The molecule has 0 spiro atoms. The van der Waals surface area contributed by atoms with Crippen molar-refractivity contribution in [3.8, 4) is 11.4 Å². The summed E-state index contributed by atoms with van der Waals surface area (Å²) >= 11 is 3.42. The van der Waals surface area contributed by atoms with Crippen LogP contribution in [-0.4, -0.2) is 26.5 Å². The number of fused-ring (bicyclic) bond motifs is 5. The summed E-state index contributed by atoms with van der Waals surface area (Å²) in [6.45, 7) is 9.59. The van der Waals surface area contributed by atoms with Gasteiger partial charge in [-0.25, -0.2) is 14.2 Å². The number of rotatable bonds is 3. The van der Waals surface area contributed by atoms with Crippen LogP contribution in [0.4, 0.5) is 4.39 Å². The highest BCUT2D eigenvalue weighted by Gasteiger charge is 2.46. The van der Waals surface area contributed by atoms with Crippen molar-refractivity contribution < 1.29 is 23.8 Å². The maximum atomic E-state index is 15.0. The number of aryl methyl sites for hydroxylation is 1. The number of esters is 1. The average Bonchev–Trinajstić information content (AvgIpc) is 3.27. The Labute approximate surface area is 239 Å². The van der Waals surface area contributed by atoms with Gasteiger partial charge in [-0.15, -0.1) is 0 Å². The van der Waals surface area contributed by atoms with Crippen LogP contribution in [0, 0.1) is 17.2 Å². The second-order valence-electron chi connectivity index (χ2n) is 12.2. The molecule has 210 valence electrons. The van der Waals surface area contributed by atoms with Gasteiger partial charge in [0.25, 0.3) is 5.56 Å². The molecule has 3 atom stereocenters. The molecule has 1 amide bonds. The average molecular weight is 612 g/mol. The first-order valence-electron chi connectivity index (χ1n) is 13.6. The summed E-state index contributed by atoms with van der Waals surface area (Å²) < 4.78 is 22.2. The Morgan fingerprint density at radius 3 is 2.70 bits per heavy atom. The Kier molecular flexibility index (Phi) is 6.06. The largest absolute Gasteiger partial charge is 0.458 e. The molecule has 0 fully saturated rings. The first kappa shape index (κ1) is 27.1. The number of hydrogen-bond donors (Lipinski definition) is 2. The quantitative estimate of drug-likeness (QED) is 0.323. The number of benzene rings is 1. The van der Waals surface area contributed by atoms with Gasteiger partial charge < -0.3 is 19.7 Å². The van der Waals surface area contributed by atoms with Crippen molar-refractivity contribution in [3.63, 3.8) is 0 Å². The van der Waals surface area contributed by atoms with Crippen LogP contribution in [0.25, 0.3) is 22.3 Å². The number of pyridine rings is 2. The molecule has 0 saturated carbocycles. The Bertz CT molecular complexity index is 1710. The third kappa shape index (κ3) is 3.71. The number of aromatic nitrogens is 2. The van der Waals surface area contributed by atoms with Crippen molar-refractivity contribution in [3.05, 3.63) is 60.6 Å². The van der Waals surface area contributed by atoms with E-state index in [2.05, 4.69) is 21.2 Å². The van der Waals surface area contributed by atoms with E-state index in [9.17, 15) is 19.5 Å². The van der Waals surface area contributed by atoms with E-state index in [1.54, 1.807) is 17.6 Å². The molecule has 1 aromatic carbocycles. The molecule has 4 heterocycles. The van der Waals surface area contributed by atoms with E-state index in [0.29, 0.717) is 34.2 Å². The van der Waals surface area contributed by atoms with Crippen molar-refractivity contribution in [2.45, 2.75) is 78.7 Å². The van der Waals surface area contributed by atoms with Crippen molar-refractivity contribution in [1.82, 2.24) is 14.9 Å². The molecule has 0 bridgehead atoms. The smallest absolute Gasteiger partial charge is 0.343 e. The number of amides is 1.